The fourth-order valence-corrected chi connectivity index (χ4v) is 3.51. The van der Waals surface area contributed by atoms with E-state index in [4.69, 9.17) is 4.74 Å². The first-order valence-corrected chi connectivity index (χ1v) is 9.99. The molecule has 1 aromatic carbocycles. The van der Waals surface area contributed by atoms with Crippen LogP contribution < -0.4 is 10.9 Å². The highest BCUT2D eigenvalue weighted by molar-refractivity contribution is 5.74. The third-order valence-electron chi connectivity index (χ3n) is 5.08. The summed E-state index contributed by atoms with van der Waals surface area (Å²) in [4.78, 5) is 26.2. The van der Waals surface area contributed by atoms with Crippen molar-refractivity contribution in [2.75, 3.05) is 26.3 Å². The summed E-state index contributed by atoms with van der Waals surface area (Å²) in [6.07, 6.45) is 3.93. The number of hydrogen-bond acceptors (Lipinski definition) is 3. The van der Waals surface area contributed by atoms with Gasteiger partial charge in [0, 0.05) is 44.4 Å². The fraction of sp³-hybridized carbons (Fsp3) is 0.455. The molecule has 1 saturated heterocycles. The molecule has 1 aliphatic heterocycles. The van der Waals surface area contributed by atoms with Crippen molar-refractivity contribution in [3.8, 4) is 0 Å². The Hall–Kier alpha value is -2.60. The predicted molar refractivity (Wildman–Crippen MR) is 109 cm³/mol. The Morgan fingerprint density at radius 3 is 2.71 bits per heavy atom. The first kappa shape index (κ1) is 20.1. The van der Waals surface area contributed by atoms with Gasteiger partial charge in [-0.25, -0.2) is 4.79 Å². The molecule has 1 aliphatic rings. The Morgan fingerprint density at radius 1 is 1.18 bits per heavy atom. The lowest BCUT2D eigenvalue weighted by molar-refractivity contribution is 0.0756. The van der Waals surface area contributed by atoms with Gasteiger partial charge in [-0.2, -0.15) is 0 Å². The zero-order valence-electron chi connectivity index (χ0n) is 16.5. The zero-order valence-corrected chi connectivity index (χ0v) is 16.5. The largest absolute Gasteiger partial charge is 0.381 e. The van der Waals surface area contributed by atoms with Crippen LogP contribution in [-0.4, -0.2) is 41.8 Å². The predicted octanol–water partition coefficient (Wildman–Crippen LogP) is 2.85. The average Bonchev–Trinajstić information content (AvgIpc) is 2.73. The summed E-state index contributed by atoms with van der Waals surface area (Å²) in [6.45, 7) is 6.05. The topological polar surface area (TPSA) is 63.6 Å². The van der Waals surface area contributed by atoms with E-state index in [0.717, 1.165) is 50.3 Å². The molecule has 6 nitrogen and oxygen atoms in total. The number of likely N-dealkylation sites (tertiary alicyclic amines) is 1. The van der Waals surface area contributed by atoms with Gasteiger partial charge in [-0.05, 0) is 37.0 Å². The second kappa shape index (κ2) is 10.1. The van der Waals surface area contributed by atoms with Crippen molar-refractivity contribution in [2.45, 2.75) is 32.9 Å². The quantitative estimate of drug-likeness (QED) is 0.800. The SMILES string of the molecule is CCOCC1CCCN(C(=O)NCc2ccc(Cn3ccccc3=O)cc2)C1. The number of carbonyl (C=O) groups excluding carboxylic acids is 1. The number of urea groups is 1. The van der Waals surface area contributed by atoms with Crippen LogP contribution in [0.2, 0.25) is 0 Å². The molecule has 0 saturated carbocycles. The second-order valence-corrected chi connectivity index (χ2v) is 7.26. The van der Waals surface area contributed by atoms with Gasteiger partial charge in [-0.15, -0.1) is 0 Å². The lowest BCUT2D eigenvalue weighted by Crippen LogP contribution is -2.46. The van der Waals surface area contributed by atoms with E-state index >= 15 is 0 Å². The molecule has 28 heavy (non-hydrogen) atoms. The van der Waals surface area contributed by atoms with E-state index < -0.39 is 0 Å². The van der Waals surface area contributed by atoms with Crippen molar-refractivity contribution >= 4 is 6.03 Å². The molecule has 0 aliphatic carbocycles. The number of hydrogen-bond donors (Lipinski definition) is 1. The number of amides is 2. The number of pyridine rings is 1. The number of ether oxygens (including phenoxy) is 1. The van der Waals surface area contributed by atoms with Gasteiger partial charge in [0.2, 0.25) is 0 Å². The summed E-state index contributed by atoms with van der Waals surface area (Å²) in [5.41, 5.74) is 2.08. The average molecular weight is 383 g/mol. The van der Waals surface area contributed by atoms with Gasteiger partial charge in [0.25, 0.3) is 5.56 Å². The Morgan fingerprint density at radius 2 is 1.96 bits per heavy atom. The van der Waals surface area contributed by atoms with E-state index in [2.05, 4.69) is 5.32 Å². The summed E-state index contributed by atoms with van der Waals surface area (Å²) >= 11 is 0. The highest BCUT2D eigenvalue weighted by atomic mass is 16.5. The van der Waals surface area contributed by atoms with Crippen LogP contribution in [0, 0.1) is 5.92 Å². The lowest BCUT2D eigenvalue weighted by atomic mass is 9.99. The molecule has 0 bridgehead atoms. The normalized spacial score (nSPS) is 16.8. The molecule has 1 aromatic heterocycles. The number of nitrogens with one attached hydrogen (secondary N) is 1. The molecule has 150 valence electrons. The molecule has 1 unspecified atom stereocenters. The highest BCUT2D eigenvalue weighted by Crippen LogP contribution is 2.17. The van der Waals surface area contributed by atoms with Crippen molar-refractivity contribution in [3.05, 3.63) is 70.1 Å². The molecule has 6 heteroatoms. The molecular weight excluding hydrogens is 354 g/mol. The minimum atomic E-state index is -0.0129. The van der Waals surface area contributed by atoms with E-state index in [1.54, 1.807) is 22.9 Å². The third kappa shape index (κ3) is 5.70. The van der Waals surface area contributed by atoms with Crippen molar-refractivity contribution in [2.24, 2.45) is 5.92 Å². The van der Waals surface area contributed by atoms with Crippen molar-refractivity contribution in [3.63, 3.8) is 0 Å². The Labute approximate surface area is 166 Å². The molecular formula is C22H29N3O3. The zero-order chi connectivity index (χ0) is 19.8. The standard InChI is InChI=1S/C22H29N3O3/c1-2-28-17-20-6-5-13-25(16-20)22(27)23-14-18-8-10-19(11-9-18)15-24-12-4-3-7-21(24)26/h3-4,7-12,20H,2,5-6,13-17H2,1H3,(H,23,27). The van der Waals surface area contributed by atoms with Gasteiger partial charge in [0.1, 0.15) is 0 Å². The van der Waals surface area contributed by atoms with Gasteiger partial charge in [0.05, 0.1) is 13.2 Å². The van der Waals surface area contributed by atoms with Crippen LogP contribution in [0.15, 0.2) is 53.5 Å². The number of carbonyl (C=O) groups is 1. The van der Waals surface area contributed by atoms with Crippen molar-refractivity contribution in [1.29, 1.82) is 0 Å². The fourth-order valence-electron chi connectivity index (χ4n) is 3.51. The van der Waals surface area contributed by atoms with Gasteiger partial charge in [-0.3, -0.25) is 4.79 Å². The van der Waals surface area contributed by atoms with Crippen molar-refractivity contribution in [1.82, 2.24) is 14.8 Å². The molecule has 1 N–H and O–H groups in total. The Bertz CT molecular complexity index is 816. The van der Waals surface area contributed by atoms with E-state index in [9.17, 15) is 9.59 Å². The molecule has 2 amide bonds. The van der Waals surface area contributed by atoms with Crippen LogP contribution >= 0.6 is 0 Å². The maximum atomic E-state index is 12.5. The van der Waals surface area contributed by atoms with Gasteiger partial charge in [-0.1, -0.05) is 30.3 Å². The molecule has 0 radical (unpaired) electrons. The molecule has 2 heterocycles. The van der Waals surface area contributed by atoms with Gasteiger partial charge >= 0.3 is 6.03 Å². The highest BCUT2D eigenvalue weighted by Gasteiger charge is 2.23. The number of nitrogens with zero attached hydrogens (tertiary/aromatic N) is 2. The monoisotopic (exact) mass is 383 g/mol. The number of rotatable bonds is 7. The summed E-state index contributed by atoms with van der Waals surface area (Å²) in [6, 6.07) is 13.1. The maximum Gasteiger partial charge on any atom is 0.317 e. The lowest BCUT2D eigenvalue weighted by Gasteiger charge is -2.32. The summed E-state index contributed by atoms with van der Waals surface area (Å²) in [5, 5.41) is 3.01. The van der Waals surface area contributed by atoms with Crippen LogP contribution in [0.3, 0.4) is 0 Å². The second-order valence-electron chi connectivity index (χ2n) is 7.26. The van der Waals surface area contributed by atoms with Crippen LogP contribution in [0.5, 0.6) is 0 Å². The number of aromatic nitrogens is 1. The molecule has 0 spiro atoms. The van der Waals surface area contributed by atoms with E-state index in [-0.39, 0.29) is 11.6 Å². The first-order valence-electron chi connectivity index (χ1n) is 9.99. The molecule has 1 fully saturated rings. The van der Waals surface area contributed by atoms with Crippen LogP contribution in [0.25, 0.3) is 0 Å². The van der Waals surface area contributed by atoms with Gasteiger partial charge < -0.3 is 19.5 Å². The summed E-state index contributed by atoms with van der Waals surface area (Å²) < 4.78 is 7.18. The number of piperidine rings is 1. The Kier molecular flexibility index (Phi) is 7.25. The first-order chi connectivity index (χ1) is 13.7. The maximum absolute atomic E-state index is 12.5. The minimum Gasteiger partial charge on any atom is -0.381 e. The molecule has 2 aromatic rings. The van der Waals surface area contributed by atoms with Crippen molar-refractivity contribution < 1.29 is 9.53 Å². The van der Waals surface area contributed by atoms with Crippen LogP contribution in [-0.2, 0) is 17.8 Å². The third-order valence-corrected chi connectivity index (χ3v) is 5.08. The Balaban J connectivity index is 1.48. The van der Waals surface area contributed by atoms with E-state index in [1.165, 1.54) is 0 Å². The van der Waals surface area contributed by atoms with E-state index in [0.29, 0.717) is 19.0 Å². The molecule has 3 rings (SSSR count). The minimum absolute atomic E-state index is 0.0111. The smallest absolute Gasteiger partial charge is 0.317 e. The summed E-state index contributed by atoms with van der Waals surface area (Å²) in [7, 11) is 0. The summed E-state index contributed by atoms with van der Waals surface area (Å²) in [5.74, 6) is 0.431. The van der Waals surface area contributed by atoms with Crippen LogP contribution in [0.1, 0.15) is 30.9 Å². The number of benzene rings is 1. The van der Waals surface area contributed by atoms with Crippen LogP contribution in [0.4, 0.5) is 4.79 Å². The van der Waals surface area contributed by atoms with E-state index in [1.807, 2.05) is 42.2 Å². The van der Waals surface area contributed by atoms with Gasteiger partial charge in [0.15, 0.2) is 0 Å². The molecule has 1 atom stereocenters.